The first-order valence-electron chi connectivity index (χ1n) is 17.6. The first-order chi connectivity index (χ1) is 26.3. The topological polar surface area (TPSA) is 89.9 Å². The molecule has 54 heavy (non-hydrogen) atoms. The summed E-state index contributed by atoms with van der Waals surface area (Å²) in [6, 6.07) is 51.4. The number of benzene rings is 7. The third-order valence-electron chi connectivity index (χ3n) is 10.5. The average molecular weight is 695 g/mol. The lowest BCUT2D eigenvalue weighted by molar-refractivity contribution is 0.0926. The zero-order chi connectivity index (χ0) is 37.1. The molecule has 0 bridgehead atoms. The number of nitriles is 2. The third kappa shape index (κ3) is 5.09. The van der Waals surface area contributed by atoms with Gasteiger partial charge in [0.2, 0.25) is 0 Å². The van der Waals surface area contributed by atoms with E-state index in [2.05, 4.69) is 53.1 Å². The van der Waals surface area contributed by atoms with Gasteiger partial charge in [-0.25, -0.2) is 4.90 Å². The summed E-state index contributed by atoms with van der Waals surface area (Å²) in [6.07, 6.45) is 0. The molecule has 2 heterocycles. The molecule has 0 N–H and O–H groups in total. The second kappa shape index (κ2) is 12.6. The minimum absolute atomic E-state index is 0.341. The number of rotatable bonds is 5. The van der Waals surface area contributed by atoms with Crippen molar-refractivity contribution in [1.82, 2.24) is 4.57 Å². The molecule has 0 aliphatic carbocycles. The Balaban J connectivity index is 1.25. The Kier molecular flexibility index (Phi) is 7.55. The van der Waals surface area contributed by atoms with Crippen LogP contribution in [0.15, 0.2) is 146 Å². The van der Waals surface area contributed by atoms with Crippen molar-refractivity contribution in [3.05, 3.63) is 179 Å². The predicted molar refractivity (Wildman–Crippen MR) is 214 cm³/mol. The molecular weight excluding hydrogens is 665 g/mol. The number of hydrogen-bond acceptors (Lipinski definition) is 4. The monoisotopic (exact) mass is 694 g/mol. The maximum atomic E-state index is 14.6. The molecule has 0 saturated heterocycles. The van der Waals surface area contributed by atoms with Gasteiger partial charge in [0, 0.05) is 10.8 Å². The zero-order valence-electron chi connectivity index (χ0n) is 29.5. The van der Waals surface area contributed by atoms with Gasteiger partial charge < -0.3 is 4.57 Å². The lowest BCUT2D eigenvalue weighted by atomic mass is 9.96. The van der Waals surface area contributed by atoms with Crippen molar-refractivity contribution in [2.45, 2.75) is 13.8 Å². The Labute approximate surface area is 312 Å². The van der Waals surface area contributed by atoms with E-state index in [1.807, 2.05) is 117 Å². The van der Waals surface area contributed by atoms with E-state index in [4.69, 9.17) is 0 Å². The van der Waals surface area contributed by atoms with Gasteiger partial charge in [-0.1, -0.05) is 84.9 Å². The maximum Gasteiger partial charge on any atom is 0.268 e. The molecule has 0 fully saturated rings. The predicted octanol–water partition coefficient (Wildman–Crippen LogP) is 10.9. The zero-order valence-corrected chi connectivity index (χ0v) is 29.5. The lowest BCUT2D eigenvalue weighted by Crippen LogP contribution is -2.29. The van der Waals surface area contributed by atoms with Crippen LogP contribution in [0, 0.1) is 36.5 Å². The summed E-state index contributed by atoms with van der Waals surface area (Å²) >= 11 is 0. The number of amides is 2. The average Bonchev–Trinajstić information content (AvgIpc) is 3.67. The summed E-state index contributed by atoms with van der Waals surface area (Å²) in [6.45, 7) is 3.99. The van der Waals surface area contributed by atoms with Crippen LogP contribution in [0.2, 0.25) is 0 Å². The molecule has 8 aromatic rings. The Hall–Kier alpha value is -7.54. The first kappa shape index (κ1) is 32.4. The quantitative estimate of drug-likeness (QED) is 0.168. The number of imide groups is 1. The summed E-state index contributed by atoms with van der Waals surface area (Å²) in [4.78, 5) is 30.0. The second-order valence-corrected chi connectivity index (χ2v) is 13.6. The molecule has 9 rings (SSSR count). The lowest BCUT2D eigenvalue weighted by Gasteiger charge is -2.16. The minimum Gasteiger partial charge on any atom is -0.308 e. The van der Waals surface area contributed by atoms with Crippen LogP contribution in [0.1, 0.15) is 43.0 Å². The van der Waals surface area contributed by atoms with Crippen molar-refractivity contribution < 1.29 is 9.59 Å². The Morgan fingerprint density at radius 2 is 1.02 bits per heavy atom. The first-order valence-corrected chi connectivity index (χ1v) is 17.6. The third-order valence-corrected chi connectivity index (χ3v) is 10.5. The van der Waals surface area contributed by atoms with E-state index in [1.54, 1.807) is 6.07 Å². The summed E-state index contributed by atoms with van der Waals surface area (Å²) in [7, 11) is 0. The largest absolute Gasteiger partial charge is 0.308 e. The van der Waals surface area contributed by atoms with Gasteiger partial charge in [0.25, 0.3) is 11.8 Å². The van der Waals surface area contributed by atoms with Gasteiger partial charge >= 0.3 is 0 Å². The molecule has 0 radical (unpaired) electrons. The van der Waals surface area contributed by atoms with Gasteiger partial charge in [0.1, 0.15) is 0 Å². The van der Waals surface area contributed by atoms with Crippen LogP contribution >= 0.6 is 0 Å². The highest BCUT2D eigenvalue weighted by Gasteiger charge is 2.39. The smallest absolute Gasteiger partial charge is 0.268 e. The van der Waals surface area contributed by atoms with Crippen LogP contribution in [0.4, 0.5) is 5.69 Å². The molecule has 1 aliphatic heterocycles. The fourth-order valence-electron chi connectivity index (χ4n) is 7.85. The molecule has 2 amide bonds. The number of fused-ring (bicyclic) bond motifs is 4. The normalized spacial score (nSPS) is 12.3. The molecule has 6 nitrogen and oxygen atoms in total. The van der Waals surface area contributed by atoms with Gasteiger partial charge in [-0.3, -0.25) is 9.59 Å². The number of nitrogens with zero attached hydrogens (tertiary/aromatic N) is 4. The number of aromatic nitrogens is 1. The number of carbonyl (C=O) groups is 2. The number of aryl methyl sites for hydroxylation is 2. The summed E-state index contributed by atoms with van der Waals surface area (Å²) in [5.41, 5.74) is 12.7. The van der Waals surface area contributed by atoms with E-state index >= 15 is 0 Å². The van der Waals surface area contributed by atoms with Crippen LogP contribution in [-0.4, -0.2) is 16.4 Å². The molecule has 0 atom stereocenters. The van der Waals surface area contributed by atoms with Crippen LogP contribution in [0.3, 0.4) is 0 Å². The van der Waals surface area contributed by atoms with Crippen LogP contribution in [-0.2, 0) is 0 Å². The van der Waals surface area contributed by atoms with E-state index in [9.17, 15) is 20.1 Å². The number of carbonyl (C=O) groups excluding carboxylic acids is 2. The van der Waals surface area contributed by atoms with E-state index in [-0.39, 0.29) is 11.8 Å². The van der Waals surface area contributed by atoms with E-state index in [0.717, 1.165) is 66.3 Å². The number of hydrogen-bond donors (Lipinski definition) is 0. The fraction of sp³-hybridized carbons (Fsp3) is 0.0417. The highest BCUT2D eigenvalue weighted by Crippen LogP contribution is 2.41. The molecule has 0 unspecified atom stereocenters. The molecule has 1 aromatic heterocycles. The van der Waals surface area contributed by atoms with Gasteiger partial charge in [0.15, 0.2) is 0 Å². The summed E-state index contributed by atoms with van der Waals surface area (Å²) in [5, 5.41) is 21.0. The van der Waals surface area contributed by atoms with Gasteiger partial charge in [-0.2, -0.15) is 10.5 Å². The van der Waals surface area contributed by atoms with E-state index < -0.39 is 0 Å². The van der Waals surface area contributed by atoms with Gasteiger partial charge in [0.05, 0.1) is 56.8 Å². The fourth-order valence-corrected chi connectivity index (χ4v) is 7.85. The SMILES string of the molecule is Cc1cc(C#N)ccc1-c1ccc2c3ccc(-c4ccc(C#N)cc4C)cc3n(-c3cccc4c3C(=O)N(c3ccc(-c5ccccc5)cc3)C4=O)c2c1. The van der Waals surface area contributed by atoms with Crippen LogP contribution in [0.5, 0.6) is 0 Å². The Morgan fingerprint density at radius 1 is 0.481 bits per heavy atom. The van der Waals surface area contributed by atoms with Crippen molar-refractivity contribution in [2.24, 2.45) is 0 Å². The van der Waals surface area contributed by atoms with Gasteiger partial charge in [-0.15, -0.1) is 0 Å². The van der Waals surface area contributed by atoms with E-state index in [1.165, 1.54) is 4.90 Å². The van der Waals surface area contributed by atoms with Crippen molar-refractivity contribution in [1.29, 1.82) is 10.5 Å². The molecule has 254 valence electrons. The van der Waals surface area contributed by atoms with Crippen molar-refractivity contribution >= 4 is 39.3 Å². The Bertz CT molecular complexity index is 2840. The molecular formula is C48H30N4O2. The molecule has 6 heteroatoms. The summed E-state index contributed by atoms with van der Waals surface area (Å²) in [5.74, 6) is -0.751. The molecule has 0 saturated carbocycles. The molecule has 7 aromatic carbocycles. The van der Waals surface area contributed by atoms with Gasteiger partial charge in [-0.05, 0) is 119 Å². The molecule has 0 spiro atoms. The van der Waals surface area contributed by atoms with Crippen molar-refractivity contribution in [3.63, 3.8) is 0 Å². The van der Waals surface area contributed by atoms with E-state index in [0.29, 0.717) is 33.6 Å². The standard InChI is InChI=1S/C48H30N4O2/c1-29-23-31(27-49)11-19-38(29)35-15-21-40-41-22-16-36(39-20-12-32(28-50)24-30(39)2)26-45(41)52(44(40)25-35)43-10-6-9-42-46(43)48(54)51(47(42)53)37-17-13-34(14-18-37)33-7-4-3-5-8-33/h3-26H,1-2H3. The molecule has 1 aliphatic rings. The van der Waals surface area contributed by atoms with Crippen LogP contribution in [0.25, 0.3) is 60.9 Å². The Morgan fingerprint density at radius 3 is 1.56 bits per heavy atom. The summed E-state index contributed by atoms with van der Waals surface area (Å²) < 4.78 is 2.10. The minimum atomic E-state index is -0.383. The highest BCUT2D eigenvalue weighted by atomic mass is 16.2. The second-order valence-electron chi connectivity index (χ2n) is 13.6. The van der Waals surface area contributed by atoms with Crippen molar-refractivity contribution in [3.8, 4) is 51.2 Å². The maximum absolute atomic E-state index is 14.6. The van der Waals surface area contributed by atoms with Crippen LogP contribution < -0.4 is 4.90 Å². The highest BCUT2D eigenvalue weighted by molar-refractivity contribution is 6.35. The number of anilines is 1. The van der Waals surface area contributed by atoms with Crippen molar-refractivity contribution in [2.75, 3.05) is 4.90 Å².